The summed E-state index contributed by atoms with van der Waals surface area (Å²) in [5.41, 5.74) is 5.51. The highest BCUT2D eigenvalue weighted by atomic mass is 16.2. The van der Waals surface area contributed by atoms with Crippen molar-refractivity contribution in [3.8, 4) is 0 Å². The fourth-order valence-electron chi connectivity index (χ4n) is 1.26. The quantitative estimate of drug-likeness (QED) is 0.636. The molecule has 1 fully saturated rings. The van der Waals surface area contributed by atoms with Crippen LogP contribution in [-0.4, -0.2) is 18.5 Å². The second kappa shape index (κ2) is 4.45. The average Bonchev–Trinajstić information content (AvgIpc) is 2.85. The average molecular weight is 170 g/mol. The molecule has 0 heterocycles. The molecule has 1 saturated carbocycles. The minimum atomic E-state index is 0.197. The van der Waals surface area contributed by atoms with Crippen molar-refractivity contribution in [1.29, 1.82) is 0 Å². The minimum absolute atomic E-state index is 0.197. The van der Waals surface area contributed by atoms with E-state index >= 15 is 0 Å². The smallest absolute Gasteiger partial charge is 0.223 e. The van der Waals surface area contributed by atoms with Crippen LogP contribution in [0.2, 0.25) is 0 Å². The number of hydrogen-bond acceptors (Lipinski definition) is 2. The minimum Gasteiger partial charge on any atom is -0.352 e. The van der Waals surface area contributed by atoms with E-state index in [1.165, 1.54) is 0 Å². The molecule has 3 heteroatoms. The Kier molecular flexibility index (Phi) is 3.53. The first kappa shape index (κ1) is 9.52. The summed E-state index contributed by atoms with van der Waals surface area (Å²) < 4.78 is 0. The highest BCUT2D eigenvalue weighted by Gasteiger charge is 2.30. The van der Waals surface area contributed by atoms with Crippen molar-refractivity contribution in [2.45, 2.75) is 38.6 Å². The first-order chi connectivity index (χ1) is 5.77. The SMILES string of the molecule is CCCC(CN)NC(=O)C1CC1. The summed E-state index contributed by atoms with van der Waals surface area (Å²) >= 11 is 0. The zero-order valence-corrected chi connectivity index (χ0v) is 7.68. The zero-order chi connectivity index (χ0) is 8.97. The van der Waals surface area contributed by atoms with Gasteiger partial charge in [-0.05, 0) is 19.3 Å². The Morgan fingerprint density at radius 3 is 2.75 bits per heavy atom. The van der Waals surface area contributed by atoms with E-state index in [9.17, 15) is 4.79 Å². The predicted octanol–water partition coefficient (Wildman–Crippen LogP) is 0.640. The molecule has 12 heavy (non-hydrogen) atoms. The number of amides is 1. The van der Waals surface area contributed by atoms with Gasteiger partial charge in [-0.25, -0.2) is 0 Å². The number of rotatable bonds is 5. The van der Waals surface area contributed by atoms with Gasteiger partial charge in [0.05, 0.1) is 0 Å². The summed E-state index contributed by atoms with van der Waals surface area (Å²) in [7, 11) is 0. The Balaban J connectivity index is 2.20. The molecule has 3 nitrogen and oxygen atoms in total. The first-order valence-corrected chi connectivity index (χ1v) is 4.78. The van der Waals surface area contributed by atoms with Crippen molar-refractivity contribution in [3.63, 3.8) is 0 Å². The van der Waals surface area contributed by atoms with Gasteiger partial charge in [-0.2, -0.15) is 0 Å². The molecule has 1 amide bonds. The van der Waals surface area contributed by atoms with E-state index in [4.69, 9.17) is 5.73 Å². The lowest BCUT2D eigenvalue weighted by Crippen LogP contribution is -2.40. The number of carbonyl (C=O) groups is 1. The molecule has 1 atom stereocenters. The summed E-state index contributed by atoms with van der Waals surface area (Å²) in [6.07, 6.45) is 4.20. The fraction of sp³-hybridized carbons (Fsp3) is 0.889. The van der Waals surface area contributed by atoms with Crippen molar-refractivity contribution in [3.05, 3.63) is 0 Å². The Morgan fingerprint density at radius 1 is 1.67 bits per heavy atom. The van der Waals surface area contributed by atoms with Gasteiger partial charge in [-0.15, -0.1) is 0 Å². The van der Waals surface area contributed by atoms with Gasteiger partial charge in [0.2, 0.25) is 5.91 Å². The van der Waals surface area contributed by atoms with Crippen molar-refractivity contribution in [1.82, 2.24) is 5.32 Å². The monoisotopic (exact) mass is 170 g/mol. The molecule has 70 valence electrons. The topological polar surface area (TPSA) is 55.1 Å². The predicted molar refractivity (Wildman–Crippen MR) is 48.6 cm³/mol. The van der Waals surface area contributed by atoms with Crippen molar-refractivity contribution < 1.29 is 4.79 Å². The maximum Gasteiger partial charge on any atom is 0.223 e. The Morgan fingerprint density at radius 2 is 2.33 bits per heavy atom. The molecule has 0 aromatic carbocycles. The van der Waals surface area contributed by atoms with E-state index in [1.807, 2.05) is 0 Å². The fourth-order valence-corrected chi connectivity index (χ4v) is 1.26. The Hall–Kier alpha value is -0.570. The van der Waals surface area contributed by atoms with Gasteiger partial charge in [0.25, 0.3) is 0 Å². The maximum atomic E-state index is 11.3. The molecule has 0 aromatic rings. The molecule has 0 aromatic heterocycles. The number of nitrogens with one attached hydrogen (secondary N) is 1. The molecular weight excluding hydrogens is 152 g/mol. The van der Waals surface area contributed by atoms with Crippen LogP contribution in [0.1, 0.15) is 32.6 Å². The molecule has 0 aliphatic heterocycles. The van der Waals surface area contributed by atoms with E-state index in [-0.39, 0.29) is 11.9 Å². The molecule has 0 radical (unpaired) electrons. The number of carbonyl (C=O) groups excluding carboxylic acids is 1. The Bertz CT molecular complexity index is 155. The second-order valence-electron chi connectivity index (χ2n) is 3.50. The second-order valence-corrected chi connectivity index (χ2v) is 3.50. The largest absolute Gasteiger partial charge is 0.352 e. The number of hydrogen-bond donors (Lipinski definition) is 2. The summed E-state index contributed by atoms with van der Waals surface area (Å²) in [6.45, 7) is 2.66. The van der Waals surface area contributed by atoms with Gasteiger partial charge >= 0.3 is 0 Å². The molecule has 0 saturated heterocycles. The molecule has 0 bridgehead atoms. The summed E-state index contributed by atoms with van der Waals surface area (Å²) in [4.78, 5) is 11.3. The van der Waals surface area contributed by atoms with Crippen LogP contribution in [0.25, 0.3) is 0 Å². The van der Waals surface area contributed by atoms with Gasteiger partial charge < -0.3 is 11.1 Å². The van der Waals surface area contributed by atoms with Gasteiger partial charge in [0, 0.05) is 18.5 Å². The summed E-state index contributed by atoms with van der Waals surface area (Å²) in [5, 5.41) is 2.97. The van der Waals surface area contributed by atoms with Crippen LogP contribution in [0.4, 0.5) is 0 Å². The lowest BCUT2D eigenvalue weighted by atomic mass is 10.1. The van der Waals surface area contributed by atoms with Crippen LogP contribution < -0.4 is 11.1 Å². The highest BCUT2D eigenvalue weighted by molar-refractivity contribution is 5.81. The van der Waals surface area contributed by atoms with E-state index in [0.717, 1.165) is 25.7 Å². The third-order valence-corrected chi connectivity index (χ3v) is 2.22. The third kappa shape index (κ3) is 2.81. The summed E-state index contributed by atoms with van der Waals surface area (Å²) in [5.74, 6) is 0.509. The van der Waals surface area contributed by atoms with E-state index < -0.39 is 0 Å². The van der Waals surface area contributed by atoms with E-state index in [1.54, 1.807) is 0 Å². The lowest BCUT2D eigenvalue weighted by molar-refractivity contribution is -0.123. The standard InChI is InChI=1S/C9H18N2O/c1-2-3-8(6-10)11-9(12)7-4-5-7/h7-8H,2-6,10H2,1H3,(H,11,12). The van der Waals surface area contributed by atoms with Crippen LogP contribution in [0.15, 0.2) is 0 Å². The number of nitrogens with two attached hydrogens (primary N) is 1. The van der Waals surface area contributed by atoms with Crippen molar-refractivity contribution in [2.75, 3.05) is 6.54 Å². The van der Waals surface area contributed by atoms with E-state index in [2.05, 4.69) is 12.2 Å². The molecule has 1 aliphatic carbocycles. The molecule has 0 spiro atoms. The van der Waals surface area contributed by atoms with Gasteiger partial charge in [-0.3, -0.25) is 4.79 Å². The maximum absolute atomic E-state index is 11.3. The van der Waals surface area contributed by atoms with Crippen molar-refractivity contribution in [2.24, 2.45) is 11.7 Å². The van der Waals surface area contributed by atoms with Crippen LogP contribution in [-0.2, 0) is 4.79 Å². The molecule has 1 rings (SSSR count). The van der Waals surface area contributed by atoms with Crippen LogP contribution >= 0.6 is 0 Å². The van der Waals surface area contributed by atoms with Crippen LogP contribution in [0, 0.1) is 5.92 Å². The lowest BCUT2D eigenvalue weighted by Gasteiger charge is -2.15. The molecular formula is C9H18N2O. The highest BCUT2D eigenvalue weighted by Crippen LogP contribution is 2.28. The van der Waals surface area contributed by atoms with Gasteiger partial charge in [-0.1, -0.05) is 13.3 Å². The van der Waals surface area contributed by atoms with Crippen molar-refractivity contribution >= 4 is 5.91 Å². The Labute approximate surface area is 73.7 Å². The molecule has 1 aliphatic rings. The molecule has 1 unspecified atom stereocenters. The summed E-state index contributed by atoms with van der Waals surface area (Å²) in [6, 6.07) is 0.197. The molecule has 3 N–H and O–H groups in total. The first-order valence-electron chi connectivity index (χ1n) is 4.78. The zero-order valence-electron chi connectivity index (χ0n) is 7.68. The third-order valence-electron chi connectivity index (χ3n) is 2.22. The normalized spacial score (nSPS) is 18.8. The van der Waals surface area contributed by atoms with Gasteiger partial charge in [0.15, 0.2) is 0 Å². The van der Waals surface area contributed by atoms with Crippen LogP contribution in [0.3, 0.4) is 0 Å². The van der Waals surface area contributed by atoms with E-state index in [0.29, 0.717) is 12.5 Å². The van der Waals surface area contributed by atoms with Gasteiger partial charge in [0.1, 0.15) is 0 Å². The van der Waals surface area contributed by atoms with Crippen LogP contribution in [0.5, 0.6) is 0 Å².